The molecule has 0 amide bonds. The lowest BCUT2D eigenvalue weighted by atomic mass is 10.2. The van der Waals surface area contributed by atoms with Crippen molar-refractivity contribution < 1.29 is 0 Å². The average Bonchev–Trinajstić information content (AvgIpc) is 3.17. The number of aromatic nitrogens is 4. The van der Waals surface area contributed by atoms with Gasteiger partial charge in [-0.1, -0.05) is 30.3 Å². The molecule has 1 aliphatic heterocycles. The van der Waals surface area contributed by atoms with Crippen molar-refractivity contribution in [1.82, 2.24) is 24.6 Å². The minimum Gasteiger partial charge on any atom is -0.354 e. The van der Waals surface area contributed by atoms with Gasteiger partial charge in [0, 0.05) is 51.2 Å². The molecule has 0 saturated carbocycles. The standard InChI is InChI=1S/C19H22N6/c1-16-21-18(14-19(22-16)25-9-5-8-20-25)24-12-10-23(11-13-24)15-17-6-3-2-4-7-17/h2-9,14H,10-13,15H2,1H3. The van der Waals surface area contributed by atoms with Crippen LogP contribution < -0.4 is 4.90 Å². The van der Waals surface area contributed by atoms with Gasteiger partial charge in [-0.25, -0.2) is 14.6 Å². The Morgan fingerprint density at radius 1 is 0.920 bits per heavy atom. The van der Waals surface area contributed by atoms with Gasteiger partial charge in [0.25, 0.3) is 0 Å². The summed E-state index contributed by atoms with van der Waals surface area (Å²) in [4.78, 5) is 14.0. The molecular formula is C19H22N6. The molecule has 1 fully saturated rings. The van der Waals surface area contributed by atoms with Gasteiger partial charge in [0.05, 0.1) is 0 Å². The second kappa shape index (κ2) is 7.03. The summed E-state index contributed by atoms with van der Waals surface area (Å²) in [6.45, 7) is 6.96. The molecule has 1 aromatic carbocycles. The van der Waals surface area contributed by atoms with E-state index in [2.05, 4.69) is 55.2 Å². The molecule has 0 radical (unpaired) electrons. The van der Waals surface area contributed by atoms with E-state index < -0.39 is 0 Å². The van der Waals surface area contributed by atoms with E-state index in [4.69, 9.17) is 0 Å². The third-order valence-electron chi connectivity index (χ3n) is 4.50. The molecule has 0 spiro atoms. The van der Waals surface area contributed by atoms with Gasteiger partial charge in [-0.2, -0.15) is 5.10 Å². The van der Waals surface area contributed by atoms with Crippen LogP contribution in [-0.4, -0.2) is 50.8 Å². The lowest BCUT2D eigenvalue weighted by molar-refractivity contribution is 0.249. The van der Waals surface area contributed by atoms with Crippen LogP contribution >= 0.6 is 0 Å². The molecule has 3 heterocycles. The Hall–Kier alpha value is -2.73. The van der Waals surface area contributed by atoms with E-state index in [9.17, 15) is 0 Å². The van der Waals surface area contributed by atoms with Gasteiger partial charge in [-0.15, -0.1) is 0 Å². The Kier molecular flexibility index (Phi) is 4.43. The molecule has 1 aliphatic rings. The van der Waals surface area contributed by atoms with Gasteiger partial charge >= 0.3 is 0 Å². The Morgan fingerprint density at radius 3 is 2.40 bits per heavy atom. The van der Waals surface area contributed by atoms with Crippen molar-refractivity contribution in [2.45, 2.75) is 13.5 Å². The van der Waals surface area contributed by atoms with E-state index in [0.29, 0.717) is 0 Å². The van der Waals surface area contributed by atoms with Crippen LogP contribution in [-0.2, 0) is 6.54 Å². The predicted octanol–water partition coefficient (Wildman–Crippen LogP) is 2.29. The summed E-state index contributed by atoms with van der Waals surface area (Å²) >= 11 is 0. The molecule has 3 aromatic rings. The number of hydrogen-bond donors (Lipinski definition) is 0. The highest BCUT2D eigenvalue weighted by Crippen LogP contribution is 2.18. The van der Waals surface area contributed by atoms with Gasteiger partial charge in [-0.05, 0) is 18.6 Å². The van der Waals surface area contributed by atoms with E-state index in [-0.39, 0.29) is 0 Å². The molecule has 0 bridgehead atoms. The molecule has 25 heavy (non-hydrogen) atoms. The fourth-order valence-electron chi connectivity index (χ4n) is 3.20. The number of hydrogen-bond acceptors (Lipinski definition) is 5. The smallest absolute Gasteiger partial charge is 0.159 e. The van der Waals surface area contributed by atoms with Gasteiger partial charge in [0.15, 0.2) is 5.82 Å². The van der Waals surface area contributed by atoms with Gasteiger partial charge in [0.2, 0.25) is 0 Å². The summed E-state index contributed by atoms with van der Waals surface area (Å²) < 4.78 is 1.78. The monoisotopic (exact) mass is 334 g/mol. The van der Waals surface area contributed by atoms with Crippen LogP contribution in [0.1, 0.15) is 11.4 Å². The van der Waals surface area contributed by atoms with E-state index in [1.54, 1.807) is 10.9 Å². The Balaban J connectivity index is 1.44. The zero-order valence-electron chi connectivity index (χ0n) is 14.4. The molecule has 6 nitrogen and oxygen atoms in total. The highest BCUT2D eigenvalue weighted by molar-refractivity contribution is 5.44. The summed E-state index contributed by atoms with van der Waals surface area (Å²) in [6, 6.07) is 14.6. The van der Waals surface area contributed by atoms with E-state index in [1.807, 2.05) is 25.3 Å². The maximum absolute atomic E-state index is 4.63. The molecule has 1 saturated heterocycles. The largest absolute Gasteiger partial charge is 0.354 e. The minimum atomic E-state index is 0.773. The van der Waals surface area contributed by atoms with Crippen molar-refractivity contribution in [2.75, 3.05) is 31.1 Å². The third-order valence-corrected chi connectivity index (χ3v) is 4.50. The maximum atomic E-state index is 4.63. The Morgan fingerprint density at radius 2 is 1.68 bits per heavy atom. The first-order chi connectivity index (χ1) is 12.3. The molecule has 0 aliphatic carbocycles. The van der Waals surface area contributed by atoms with Crippen LogP contribution in [0.4, 0.5) is 5.82 Å². The van der Waals surface area contributed by atoms with Gasteiger partial charge in [0.1, 0.15) is 11.6 Å². The maximum Gasteiger partial charge on any atom is 0.159 e. The Labute approximate surface area is 147 Å². The first-order valence-electron chi connectivity index (χ1n) is 8.65. The molecule has 0 atom stereocenters. The molecule has 128 valence electrons. The zero-order valence-corrected chi connectivity index (χ0v) is 14.4. The van der Waals surface area contributed by atoms with Crippen LogP contribution in [0, 0.1) is 6.92 Å². The number of rotatable bonds is 4. The van der Waals surface area contributed by atoms with Crippen molar-refractivity contribution in [3.63, 3.8) is 0 Å². The van der Waals surface area contributed by atoms with Crippen LogP contribution in [0.25, 0.3) is 5.82 Å². The summed E-state index contributed by atoms with van der Waals surface area (Å²) in [6.07, 6.45) is 3.67. The fourth-order valence-corrected chi connectivity index (χ4v) is 3.20. The molecule has 4 rings (SSSR count). The summed E-state index contributed by atoms with van der Waals surface area (Å²) in [5, 5.41) is 4.27. The highest BCUT2D eigenvalue weighted by Gasteiger charge is 2.19. The van der Waals surface area contributed by atoms with Crippen molar-refractivity contribution in [3.8, 4) is 5.82 Å². The second-order valence-electron chi connectivity index (χ2n) is 6.33. The fraction of sp³-hybridized carbons (Fsp3) is 0.316. The molecule has 0 N–H and O–H groups in total. The first kappa shape index (κ1) is 15.8. The number of anilines is 1. The number of aryl methyl sites for hydroxylation is 1. The van der Waals surface area contributed by atoms with Crippen LogP contribution in [0.15, 0.2) is 54.9 Å². The summed E-state index contributed by atoms with van der Waals surface area (Å²) in [7, 11) is 0. The molecular weight excluding hydrogens is 312 g/mol. The second-order valence-corrected chi connectivity index (χ2v) is 6.33. The minimum absolute atomic E-state index is 0.773. The van der Waals surface area contributed by atoms with Crippen LogP contribution in [0.3, 0.4) is 0 Å². The normalized spacial score (nSPS) is 15.5. The van der Waals surface area contributed by atoms with Crippen molar-refractivity contribution >= 4 is 5.82 Å². The van der Waals surface area contributed by atoms with Gasteiger partial charge < -0.3 is 4.90 Å². The number of nitrogens with zero attached hydrogens (tertiary/aromatic N) is 6. The summed E-state index contributed by atoms with van der Waals surface area (Å²) in [5.74, 6) is 2.58. The van der Waals surface area contributed by atoms with Crippen molar-refractivity contribution in [2.24, 2.45) is 0 Å². The molecule has 6 heteroatoms. The van der Waals surface area contributed by atoms with Crippen LogP contribution in [0.5, 0.6) is 0 Å². The summed E-state index contributed by atoms with van der Waals surface area (Å²) in [5.41, 5.74) is 1.37. The average molecular weight is 334 g/mol. The first-order valence-corrected chi connectivity index (χ1v) is 8.65. The van der Waals surface area contributed by atoms with Crippen LogP contribution in [0.2, 0.25) is 0 Å². The van der Waals surface area contributed by atoms with Crippen molar-refractivity contribution in [1.29, 1.82) is 0 Å². The lowest BCUT2D eigenvalue weighted by Gasteiger charge is -2.35. The Bertz CT molecular complexity index is 807. The molecule has 0 unspecified atom stereocenters. The number of piperazine rings is 1. The number of benzene rings is 1. The predicted molar refractivity (Wildman–Crippen MR) is 97.8 cm³/mol. The van der Waals surface area contributed by atoms with E-state index in [0.717, 1.165) is 50.2 Å². The molecule has 2 aromatic heterocycles. The lowest BCUT2D eigenvalue weighted by Crippen LogP contribution is -2.46. The zero-order chi connectivity index (χ0) is 17.1. The van der Waals surface area contributed by atoms with E-state index >= 15 is 0 Å². The van der Waals surface area contributed by atoms with E-state index in [1.165, 1.54) is 5.56 Å². The SMILES string of the molecule is Cc1nc(N2CCN(Cc3ccccc3)CC2)cc(-n2cccn2)n1. The highest BCUT2D eigenvalue weighted by atomic mass is 15.3. The van der Waals surface area contributed by atoms with Crippen molar-refractivity contribution in [3.05, 3.63) is 66.2 Å². The quantitative estimate of drug-likeness (QED) is 0.733. The topological polar surface area (TPSA) is 50.1 Å². The third kappa shape index (κ3) is 3.69. The van der Waals surface area contributed by atoms with Gasteiger partial charge in [-0.3, -0.25) is 4.90 Å².